The second-order valence-electron chi connectivity index (χ2n) is 7.93. The normalized spacial score (nSPS) is 11.1. The van der Waals surface area contributed by atoms with Gasteiger partial charge in [0.05, 0.1) is 21.3 Å². The van der Waals surface area contributed by atoms with Gasteiger partial charge in [0.2, 0.25) is 0 Å². The van der Waals surface area contributed by atoms with E-state index in [1.165, 1.54) is 76.0 Å². The standard InChI is InChI=1S/C30H26O10/c1-36-25-16-19(4-10-22(25)31)8-14-29(34)40-24-12-6-21(18-27(24)38-3)9-15-30(35)39-23-11-5-20(7-13-28(32)33)17-26(23)37-2/h4-18,31H,1-3H3,(H,32,33). The lowest BCUT2D eigenvalue weighted by atomic mass is 10.2. The molecule has 0 aliphatic heterocycles. The molecule has 0 unspecified atom stereocenters. The van der Waals surface area contributed by atoms with E-state index in [1.807, 2.05) is 0 Å². The number of aromatic hydroxyl groups is 1. The number of esters is 2. The SMILES string of the molecule is COc1cc(C=CC(=O)Oc2ccc(C=CC(=O)Oc3ccc(C=CC(=O)O)cc3OC)cc2OC)ccc1O. The molecule has 10 nitrogen and oxygen atoms in total. The number of phenolic OH excluding ortho intramolecular Hbond substituents is 1. The third-order valence-corrected chi connectivity index (χ3v) is 5.24. The van der Waals surface area contributed by atoms with Crippen LogP contribution >= 0.6 is 0 Å². The Bertz CT molecular complexity index is 1480. The van der Waals surface area contributed by atoms with Crippen molar-refractivity contribution in [2.45, 2.75) is 0 Å². The van der Waals surface area contributed by atoms with E-state index in [-0.39, 0.29) is 34.5 Å². The lowest BCUT2D eigenvalue weighted by Gasteiger charge is -2.09. The average Bonchev–Trinajstić information content (AvgIpc) is 2.95. The van der Waals surface area contributed by atoms with E-state index >= 15 is 0 Å². The number of ether oxygens (including phenoxy) is 5. The van der Waals surface area contributed by atoms with Gasteiger partial charge in [-0.1, -0.05) is 18.2 Å². The zero-order chi connectivity index (χ0) is 29.1. The van der Waals surface area contributed by atoms with Crippen LogP contribution in [-0.4, -0.2) is 49.5 Å². The van der Waals surface area contributed by atoms with E-state index in [0.717, 1.165) is 6.08 Å². The zero-order valence-corrected chi connectivity index (χ0v) is 21.8. The molecule has 0 fully saturated rings. The van der Waals surface area contributed by atoms with Crippen LogP contribution in [0.4, 0.5) is 0 Å². The van der Waals surface area contributed by atoms with E-state index in [1.54, 1.807) is 30.3 Å². The molecule has 0 amide bonds. The fourth-order valence-electron chi connectivity index (χ4n) is 3.32. The topological polar surface area (TPSA) is 138 Å². The summed E-state index contributed by atoms with van der Waals surface area (Å²) in [6.07, 6.45) is 7.79. The Hall–Kier alpha value is -5.51. The molecule has 10 heteroatoms. The second kappa shape index (κ2) is 13.9. The molecule has 0 heterocycles. The maximum Gasteiger partial charge on any atom is 0.336 e. The van der Waals surface area contributed by atoms with Crippen molar-refractivity contribution in [2.24, 2.45) is 0 Å². The van der Waals surface area contributed by atoms with Gasteiger partial charge in [-0.05, 0) is 71.3 Å². The van der Waals surface area contributed by atoms with Gasteiger partial charge in [-0.15, -0.1) is 0 Å². The highest BCUT2D eigenvalue weighted by Gasteiger charge is 2.11. The van der Waals surface area contributed by atoms with Crippen LogP contribution in [0, 0.1) is 0 Å². The van der Waals surface area contributed by atoms with Crippen molar-refractivity contribution in [1.29, 1.82) is 0 Å². The maximum absolute atomic E-state index is 12.4. The predicted octanol–water partition coefficient (Wildman–Crippen LogP) is 4.75. The molecule has 0 radical (unpaired) electrons. The largest absolute Gasteiger partial charge is 0.504 e. The molecule has 0 saturated heterocycles. The Balaban J connectivity index is 1.65. The van der Waals surface area contributed by atoms with Gasteiger partial charge in [-0.3, -0.25) is 0 Å². The highest BCUT2D eigenvalue weighted by molar-refractivity contribution is 5.90. The van der Waals surface area contributed by atoms with Gasteiger partial charge in [0.1, 0.15) is 0 Å². The number of hydrogen-bond donors (Lipinski definition) is 2. The Morgan fingerprint density at radius 1 is 0.575 bits per heavy atom. The molecule has 3 rings (SSSR count). The van der Waals surface area contributed by atoms with Crippen molar-refractivity contribution in [3.8, 4) is 34.5 Å². The Morgan fingerprint density at radius 3 is 1.40 bits per heavy atom. The minimum absolute atomic E-state index is 0.0182. The summed E-state index contributed by atoms with van der Waals surface area (Å²) in [5, 5.41) is 18.4. The molecule has 0 aromatic heterocycles. The van der Waals surface area contributed by atoms with Gasteiger partial charge in [0.25, 0.3) is 0 Å². The number of hydrogen-bond acceptors (Lipinski definition) is 9. The summed E-state index contributed by atoms with van der Waals surface area (Å²) in [4.78, 5) is 35.4. The summed E-state index contributed by atoms with van der Waals surface area (Å²) in [5.41, 5.74) is 1.74. The van der Waals surface area contributed by atoms with Gasteiger partial charge in [-0.2, -0.15) is 0 Å². The monoisotopic (exact) mass is 546 g/mol. The first kappa shape index (κ1) is 29.1. The summed E-state index contributed by atoms with van der Waals surface area (Å²) < 4.78 is 26.3. The van der Waals surface area contributed by atoms with Crippen LogP contribution < -0.4 is 23.7 Å². The number of aliphatic carboxylic acids is 1. The lowest BCUT2D eigenvalue weighted by Crippen LogP contribution is -2.05. The third-order valence-electron chi connectivity index (χ3n) is 5.24. The van der Waals surface area contributed by atoms with Crippen LogP contribution in [0.25, 0.3) is 18.2 Å². The lowest BCUT2D eigenvalue weighted by molar-refractivity contribution is -0.131. The molecule has 0 bridgehead atoms. The highest BCUT2D eigenvalue weighted by Crippen LogP contribution is 2.31. The van der Waals surface area contributed by atoms with Gasteiger partial charge >= 0.3 is 17.9 Å². The van der Waals surface area contributed by atoms with Crippen molar-refractivity contribution in [3.63, 3.8) is 0 Å². The van der Waals surface area contributed by atoms with Crippen molar-refractivity contribution in [1.82, 2.24) is 0 Å². The molecule has 0 aliphatic rings. The molecule has 3 aromatic rings. The predicted molar refractivity (Wildman–Crippen MR) is 147 cm³/mol. The molecule has 0 saturated carbocycles. The first-order chi connectivity index (χ1) is 19.2. The minimum Gasteiger partial charge on any atom is -0.504 e. The van der Waals surface area contributed by atoms with Gasteiger partial charge in [-0.25, -0.2) is 14.4 Å². The van der Waals surface area contributed by atoms with E-state index in [9.17, 15) is 19.5 Å². The van der Waals surface area contributed by atoms with Crippen LogP contribution in [-0.2, 0) is 14.4 Å². The Morgan fingerprint density at radius 2 is 0.975 bits per heavy atom. The summed E-state index contributed by atoms with van der Waals surface area (Å²) in [5.74, 6) is -1.34. The molecule has 0 aliphatic carbocycles. The van der Waals surface area contributed by atoms with Gasteiger partial charge in [0, 0.05) is 18.2 Å². The smallest absolute Gasteiger partial charge is 0.336 e. The van der Waals surface area contributed by atoms with Crippen LogP contribution in [0.3, 0.4) is 0 Å². The van der Waals surface area contributed by atoms with Crippen molar-refractivity contribution in [2.75, 3.05) is 21.3 Å². The second-order valence-corrected chi connectivity index (χ2v) is 7.93. The molecular formula is C30H26O10. The number of carboxylic acids is 1. The molecule has 206 valence electrons. The first-order valence-corrected chi connectivity index (χ1v) is 11.7. The Kier molecular flexibility index (Phi) is 10.1. The van der Waals surface area contributed by atoms with E-state index in [4.69, 9.17) is 28.8 Å². The number of phenols is 1. The third kappa shape index (κ3) is 8.25. The summed E-state index contributed by atoms with van der Waals surface area (Å²) in [6, 6.07) is 13.9. The first-order valence-electron chi connectivity index (χ1n) is 11.7. The van der Waals surface area contributed by atoms with Crippen molar-refractivity contribution in [3.05, 3.63) is 89.5 Å². The fourth-order valence-corrected chi connectivity index (χ4v) is 3.32. The summed E-state index contributed by atoms with van der Waals surface area (Å²) in [7, 11) is 4.23. The van der Waals surface area contributed by atoms with E-state index < -0.39 is 17.9 Å². The number of benzene rings is 3. The quantitative estimate of drug-likeness (QED) is 0.197. The number of rotatable bonds is 11. The maximum atomic E-state index is 12.4. The molecule has 0 atom stereocenters. The summed E-state index contributed by atoms with van der Waals surface area (Å²) >= 11 is 0. The Labute approximate surface area is 229 Å². The molecule has 2 N–H and O–H groups in total. The fraction of sp³-hybridized carbons (Fsp3) is 0.100. The van der Waals surface area contributed by atoms with Crippen LogP contribution in [0.15, 0.2) is 72.8 Å². The van der Waals surface area contributed by atoms with Crippen molar-refractivity contribution >= 4 is 36.1 Å². The number of carbonyl (C=O) groups is 3. The van der Waals surface area contributed by atoms with Crippen molar-refractivity contribution < 1.29 is 48.3 Å². The zero-order valence-electron chi connectivity index (χ0n) is 21.8. The van der Waals surface area contributed by atoms with Crippen LogP contribution in [0.1, 0.15) is 16.7 Å². The van der Waals surface area contributed by atoms with Crippen LogP contribution in [0.5, 0.6) is 34.5 Å². The van der Waals surface area contributed by atoms with Crippen LogP contribution in [0.2, 0.25) is 0 Å². The number of carboxylic acid groups (broad SMARTS) is 1. The number of carbonyl (C=O) groups excluding carboxylic acids is 2. The molecule has 40 heavy (non-hydrogen) atoms. The van der Waals surface area contributed by atoms with E-state index in [2.05, 4.69) is 0 Å². The number of methoxy groups -OCH3 is 3. The highest BCUT2D eigenvalue weighted by atomic mass is 16.6. The molecule has 0 spiro atoms. The average molecular weight is 547 g/mol. The molecule has 3 aromatic carbocycles. The minimum atomic E-state index is -1.09. The molecular weight excluding hydrogens is 520 g/mol. The van der Waals surface area contributed by atoms with Gasteiger partial charge < -0.3 is 33.9 Å². The summed E-state index contributed by atoms with van der Waals surface area (Å²) in [6.45, 7) is 0. The van der Waals surface area contributed by atoms with Gasteiger partial charge in [0.15, 0.2) is 34.5 Å². The van der Waals surface area contributed by atoms with E-state index in [0.29, 0.717) is 16.7 Å².